The molecule has 0 radical (unpaired) electrons. The lowest BCUT2D eigenvalue weighted by molar-refractivity contribution is 0.211. The van der Waals surface area contributed by atoms with Gasteiger partial charge in [0.2, 0.25) is 0 Å². The predicted molar refractivity (Wildman–Crippen MR) is 58.1 cm³/mol. The number of carbonyl (C=O) groups is 1. The molecule has 6 nitrogen and oxygen atoms in total. The highest BCUT2D eigenvalue weighted by Crippen LogP contribution is 2.24. The molecule has 0 saturated heterocycles. The Labute approximate surface area is 95.6 Å². The van der Waals surface area contributed by atoms with Crippen molar-refractivity contribution in [1.29, 1.82) is 0 Å². The van der Waals surface area contributed by atoms with Gasteiger partial charge in [-0.2, -0.15) is 5.10 Å². The van der Waals surface area contributed by atoms with Crippen LogP contribution < -0.4 is 16.2 Å². The summed E-state index contributed by atoms with van der Waals surface area (Å²) in [5, 5.41) is 3.82. The Morgan fingerprint density at radius 1 is 1.41 bits per heavy atom. The fourth-order valence-corrected chi connectivity index (χ4v) is 1.35. The summed E-state index contributed by atoms with van der Waals surface area (Å²) in [6.07, 6.45) is 0.178. The Kier molecular flexibility index (Phi) is 2.65. The van der Waals surface area contributed by atoms with Gasteiger partial charge in [-0.1, -0.05) is 12.1 Å². The van der Waals surface area contributed by atoms with Crippen LogP contribution in [0.4, 0.5) is 15.0 Å². The van der Waals surface area contributed by atoms with E-state index in [1.165, 1.54) is 18.3 Å². The van der Waals surface area contributed by atoms with Crippen molar-refractivity contribution in [3.8, 4) is 11.4 Å². The number of halogens is 1. The maximum absolute atomic E-state index is 13.5. The first-order chi connectivity index (χ1) is 8.09. The predicted octanol–water partition coefficient (Wildman–Crippen LogP) is 1.05. The number of ether oxygens (including phenoxy) is 1. The van der Waals surface area contributed by atoms with Gasteiger partial charge in [-0.05, 0) is 12.1 Å². The number of primary amides is 1. The molecule has 0 aliphatic carbocycles. The molecular formula is C10H9FN4O2. The van der Waals surface area contributed by atoms with Crippen molar-refractivity contribution in [3.05, 3.63) is 36.3 Å². The first kappa shape index (κ1) is 10.9. The third kappa shape index (κ3) is 2.03. The zero-order chi connectivity index (χ0) is 12.4. The number of benzene rings is 1. The molecule has 0 unspecified atom stereocenters. The largest absolute Gasteiger partial charge is 0.410 e. The van der Waals surface area contributed by atoms with Crippen LogP contribution in [0.15, 0.2) is 30.5 Å². The van der Waals surface area contributed by atoms with E-state index in [4.69, 9.17) is 11.5 Å². The van der Waals surface area contributed by atoms with Crippen LogP contribution in [0.25, 0.3) is 5.69 Å². The molecule has 0 saturated carbocycles. The molecule has 0 spiro atoms. The minimum absolute atomic E-state index is 0.00565. The zero-order valence-electron chi connectivity index (χ0n) is 8.63. The lowest BCUT2D eigenvalue weighted by Crippen LogP contribution is -2.17. The van der Waals surface area contributed by atoms with Gasteiger partial charge in [-0.25, -0.2) is 13.9 Å². The monoisotopic (exact) mass is 236 g/mol. The number of para-hydroxylation sites is 1. The van der Waals surface area contributed by atoms with Crippen molar-refractivity contribution in [1.82, 2.24) is 9.78 Å². The summed E-state index contributed by atoms with van der Waals surface area (Å²) in [4.78, 5) is 10.6. The van der Waals surface area contributed by atoms with Crippen LogP contribution in [-0.2, 0) is 0 Å². The van der Waals surface area contributed by atoms with Gasteiger partial charge in [-0.3, -0.25) is 0 Å². The molecule has 0 bridgehead atoms. The number of hydrogen-bond acceptors (Lipinski definition) is 4. The molecule has 88 valence electrons. The van der Waals surface area contributed by atoms with Crippen LogP contribution in [0.5, 0.6) is 5.75 Å². The molecule has 1 aromatic heterocycles. The van der Waals surface area contributed by atoms with Crippen molar-refractivity contribution in [2.75, 3.05) is 5.73 Å². The van der Waals surface area contributed by atoms with Crippen LogP contribution in [-0.4, -0.2) is 15.9 Å². The highest BCUT2D eigenvalue weighted by atomic mass is 19.1. The van der Waals surface area contributed by atoms with Crippen molar-refractivity contribution in [2.45, 2.75) is 0 Å². The van der Waals surface area contributed by atoms with Crippen molar-refractivity contribution < 1.29 is 13.9 Å². The lowest BCUT2D eigenvalue weighted by Gasteiger charge is -2.05. The third-order valence-corrected chi connectivity index (χ3v) is 2.06. The molecule has 1 aromatic carbocycles. The van der Waals surface area contributed by atoms with Crippen LogP contribution >= 0.6 is 0 Å². The second kappa shape index (κ2) is 4.12. The van der Waals surface area contributed by atoms with Crippen molar-refractivity contribution in [3.63, 3.8) is 0 Å². The van der Waals surface area contributed by atoms with Gasteiger partial charge in [0.15, 0.2) is 11.6 Å². The number of hydrogen-bond donors (Lipinski definition) is 2. The van der Waals surface area contributed by atoms with E-state index in [9.17, 15) is 9.18 Å². The van der Waals surface area contributed by atoms with E-state index in [0.717, 1.165) is 4.68 Å². The summed E-state index contributed by atoms with van der Waals surface area (Å²) in [6, 6.07) is 5.94. The summed E-state index contributed by atoms with van der Waals surface area (Å²) in [5.74, 6) is -0.512. The molecule has 7 heteroatoms. The van der Waals surface area contributed by atoms with E-state index in [0.29, 0.717) is 0 Å². The molecule has 1 amide bonds. The summed E-state index contributed by atoms with van der Waals surface area (Å²) >= 11 is 0. The topological polar surface area (TPSA) is 96.2 Å². The lowest BCUT2D eigenvalue weighted by atomic mass is 10.3. The fourth-order valence-electron chi connectivity index (χ4n) is 1.35. The zero-order valence-corrected chi connectivity index (χ0v) is 8.63. The summed E-state index contributed by atoms with van der Waals surface area (Å²) in [5.41, 5.74) is 10.7. The van der Waals surface area contributed by atoms with E-state index in [-0.39, 0.29) is 17.3 Å². The molecule has 0 atom stereocenters. The van der Waals surface area contributed by atoms with Gasteiger partial charge in [0, 0.05) is 0 Å². The number of nitrogen functional groups attached to an aromatic ring is 1. The van der Waals surface area contributed by atoms with E-state index >= 15 is 0 Å². The molecule has 1 heterocycles. The Morgan fingerprint density at radius 2 is 2.12 bits per heavy atom. The molecule has 0 fully saturated rings. The average molecular weight is 236 g/mol. The Hall–Kier alpha value is -2.57. The van der Waals surface area contributed by atoms with Gasteiger partial charge in [0.05, 0.1) is 6.20 Å². The Bertz CT molecular complexity index is 567. The quantitative estimate of drug-likeness (QED) is 0.814. The van der Waals surface area contributed by atoms with Crippen molar-refractivity contribution in [2.24, 2.45) is 5.73 Å². The summed E-state index contributed by atoms with van der Waals surface area (Å²) in [6.45, 7) is 0. The molecular weight excluding hydrogens is 227 g/mol. The van der Waals surface area contributed by atoms with E-state index < -0.39 is 11.9 Å². The molecule has 0 aliphatic rings. The van der Waals surface area contributed by atoms with Crippen LogP contribution in [0.2, 0.25) is 0 Å². The minimum Gasteiger partial charge on any atom is -0.405 e. The number of rotatable bonds is 2. The maximum Gasteiger partial charge on any atom is 0.410 e. The van der Waals surface area contributed by atoms with E-state index in [2.05, 4.69) is 9.84 Å². The molecule has 17 heavy (non-hydrogen) atoms. The first-order valence-corrected chi connectivity index (χ1v) is 4.65. The van der Waals surface area contributed by atoms with Gasteiger partial charge < -0.3 is 16.2 Å². The van der Waals surface area contributed by atoms with Gasteiger partial charge >= 0.3 is 6.09 Å². The van der Waals surface area contributed by atoms with Crippen LogP contribution in [0.1, 0.15) is 0 Å². The standard InChI is InChI=1S/C10H9FN4O2/c11-6-3-1-2-4-7(6)15-9(12)8(5-14-15)17-10(13)16/h1-5H,12H2,(H2,13,16). The smallest absolute Gasteiger partial charge is 0.405 e. The van der Waals surface area contributed by atoms with Crippen molar-refractivity contribution >= 4 is 11.9 Å². The molecule has 2 aromatic rings. The third-order valence-electron chi connectivity index (χ3n) is 2.06. The molecule has 4 N–H and O–H groups in total. The van der Waals surface area contributed by atoms with Gasteiger partial charge in [-0.15, -0.1) is 0 Å². The van der Waals surface area contributed by atoms with Crippen LogP contribution in [0, 0.1) is 5.82 Å². The van der Waals surface area contributed by atoms with E-state index in [1.807, 2.05) is 0 Å². The number of carbonyl (C=O) groups excluding carboxylic acids is 1. The normalized spacial score (nSPS) is 10.2. The van der Waals surface area contributed by atoms with Crippen LogP contribution in [0.3, 0.4) is 0 Å². The summed E-state index contributed by atoms with van der Waals surface area (Å²) in [7, 11) is 0. The van der Waals surface area contributed by atoms with E-state index in [1.54, 1.807) is 12.1 Å². The number of aromatic nitrogens is 2. The fraction of sp³-hybridized carbons (Fsp3) is 0. The first-order valence-electron chi connectivity index (χ1n) is 4.65. The second-order valence-electron chi connectivity index (χ2n) is 3.18. The Balaban J connectivity index is 2.44. The SMILES string of the molecule is NC(=O)Oc1cnn(-c2ccccc2F)c1N. The van der Waals surface area contributed by atoms with Gasteiger partial charge in [0.25, 0.3) is 0 Å². The number of nitrogens with two attached hydrogens (primary N) is 2. The summed E-state index contributed by atoms with van der Waals surface area (Å²) < 4.78 is 19.2. The highest BCUT2D eigenvalue weighted by molar-refractivity contribution is 5.70. The molecule has 2 rings (SSSR count). The average Bonchev–Trinajstić information content (AvgIpc) is 2.61. The van der Waals surface area contributed by atoms with Gasteiger partial charge in [0.1, 0.15) is 11.5 Å². The number of anilines is 1. The second-order valence-corrected chi connectivity index (χ2v) is 3.18. The number of nitrogens with zero attached hydrogens (tertiary/aromatic N) is 2. The highest BCUT2D eigenvalue weighted by Gasteiger charge is 2.14. The molecule has 0 aliphatic heterocycles. The maximum atomic E-state index is 13.5. The minimum atomic E-state index is -1.01. The number of amides is 1. The Morgan fingerprint density at radius 3 is 2.76 bits per heavy atom.